The van der Waals surface area contributed by atoms with Crippen molar-refractivity contribution in [3.8, 4) is 5.75 Å². The lowest BCUT2D eigenvalue weighted by molar-refractivity contribution is -0.384. The highest BCUT2D eigenvalue weighted by molar-refractivity contribution is 7.14. The summed E-state index contributed by atoms with van der Waals surface area (Å²) >= 11 is 1.46. The summed E-state index contributed by atoms with van der Waals surface area (Å²) in [7, 11) is 0. The second-order valence-corrected chi connectivity index (χ2v) is 5.96. The second-order valence-electron chi connectivity index (χ2n) is 4.83. The van der Waals surface area contributed by atoms with E-state index in [4.69, 9.17) is 0 Å². The maximum absolute atomic E-state index is 12.1. The molecular weight excluding hydrogens is 292 g/mol. The van der Waals surface area contributed by atoms with E-state index in [-0.39, 0.29) is 23.0 Å². The molecule has 0 saturated heterocycles. The number of anilines is 1. The molecule has 7 heteroatoms. The number of nitro groups is 1. The molecule has 2 N–H and O–H groups in total. The van der Waals surface area contributed by atoms with Gasteiger partial charge in [0.2, 0.25) is 0 Å². The number of aromatic hydroxyl groups is 1. The summed E-state index contributed by atoms with van der Waals surface area (Å²) in [5.41, 5.74) is 1.16. The van der Waals surface area contributed by atoms with Gasteiger partial charge in [0.05, 0.1) is 21.6 Å². The molecule has 1 aliphatic rings. The van der Waals surface area contributed by atoms with Gasteiger partial charge >= 0.3 is 0 Å². The van der Waals surface area contributed by atoms with Gasteiger partial charge in [-0.15, -0.1) is 11.3 Å². The number of nitro benzene ring substituents is 1. The first-order chi connectivity index (χ1) is 10.0. The van der Waals surface area contributed by atoms with Gasteiger partial charge in [-0.3, -0.25) is 14.9 Å². The molecule has 0 aliphatic heterocycles. The van der Waals surface area contributed by atoms with Crippen LogP contribution < -0.4 is 5.32 Å². The van der Waals surface area contributed by atoms with E-state index in [0.29, 0.717) is 4.88 Å². The molecule has 0 saturated carbocycles. The molecule has 1 amide bonds. The zero-order valence-corrected chi connectivity index (χ0v) is 11.8. The molecule has 1 aromatic heterocycles. The zero-order chi connectivity index (χ0) is 15.0. The van der Waals surface area contributed by atoms with E-state index < -0.39 is 4.92 Å². The molecule has 3 rings (SSSR count). The van der Waals surface area contributed by atoms with Crippen LogP contribution in [0.2, 0.25) is 0 Å². The average molecular weight is 304 g/mol. The summed E-state index contributed by atoms with van der Waals surface area (Å²) in [6, 6.07) is 5.46. The fourth-order valence-corrected chi connectivity index (χ4v) is 3.51. The number of nitrogens with zero attached hydrogens (tertiary/aromatic N) is 1. The number of hydrogen-bond donors (Lipinski definition) is 2. The van der Waals surface area contributed by atoms with Crippen molar-refractivity contribution in [2.45, 2.75) is 19.3 Å². The molecule has 0 bridgehead atoms. The SMILES string of the molecule is O=C(Nc1ccc([N+](=O)[O-])cc1O)c1cc2c(s1)CCC2. The minimum absolute atomic E-state index is 0.166. The van der Waals surface area contributed by atoms with Gasteiger partial charge < -0.3 is 10.4 Å². The standard InChI is InChI=1S/C14H12N2O4S/c17-11-7-9(16(19)20)4-5-10(11)15-14(18)13-6-8-2-1-3-12(8)21-13/h4-7,17H,1-3H2,(H,15,18). The van der Waals surface area contributed by atoms with Crippen LogP contribution in [-0.2, 0) is 12.8 Å². The summed E-state index contributed by atoms with van der Waals surface area (Å²) in [4.78, 5) is 24.0. The van der Waals surface area contributed by atoms with E-state index in [0.717, 1.165) is 25.3 Å². The van der Waals surface area contributed by atoms with Crippen LogP contribution in [0.1, 0.15) is 26.5 Å². The number of aryl methyl sites for hydroxylation is 2. The predicted octanol–water partition coefficient (Wildman–Crippen LogP) is 3.10. The van der Waals surface area contributed by atoms with E-state index in [1.54, 1.807) is 0 Å². The third kappa shape index (κ3) is 2.59. The van der Waals surface area contributed by atoms with Crippen molar-refractivity contribution in [3.05, 3.63) is 49.7 Å². The minimum atomic E-state index is -0.602. The molecular formula is C14H12N2O4S. The summed E-state index contributed by atoms with van der Waals surface area (Å²) in [5, 5.41) is 22.9. The number of phenols is 1. The number of phenolic OH excluding ortho intramolecular Hbond substituents is 1. The molecule has 1 heterocycles. The fourth-order valence-electron chi connectivity index (χ4n) is 2.36. The Bertz CT molecular complexity index is 717. The number of amides is 1. The first kappa shape index (κ1) is 13.6. The van der Waals surface area contributed by atoms with Gasteiger partial charge in [0.1, 0.15) is 5.75 Å². The Labute approximate surface area is 124 Å². The molecule has 0 fully saturated rings. The van der Waals surface area contributed by atoms with Gasteiger partial charge in [-0.1, -0.05) is 0 Å². The number of rotatable bonds is 3. The zero-order valence-electron chi connectivity index (χ0n) is 11.0. The van der Waals surface area contributed by atoms with Crippen molar-refractivity contribution in [1.82, 2.24) is 0 Å². The number of carbonyl (C=O) groups is 1. The van der Waals surface area contributed by atoms with Crippen LogP contribution in [0.3, 0.4) is 0 Å². The van der Waals surface area contributed by atoms with E-state index in [9.17, 15) is 20.0 Å². The molecule has 0 atom stereocenters. The van der Waals surface area contributed by atoms with Crippen LogP contribution in [0, 0.1) is 10.1 Å². The maximum Gasteiger partial charge on any atom is 0.273 e. The van der Waals surface area contributed by atoms with Crippen LogP contribution in [0.25, 0.3) is 0 Å². The van der Waals surface area contributed by atoms with Crippen molar-refractivity contribution in [3.63, 3.8) is 0 Å². The summed E-state index contributed by atoms with van der Waals surface area (Å²) in [6.45, 7) is 0. The molecule has 21 heavy (non-hydrogen) atoms. The van der Waals surface area contributed by atoms with Gasteiger partial charge in [-0.05, 0) is 37.0 Å². The number of nitrogens with one attached hydrogen (secondary N) is 1. The van der Waals surface area contributed by atoms with Crippen LogP contribution >= 0.6 is 11.3 Å². The maximum atomic E-state index is 12.1. The monoisotopic (exact) mass is 304 g/mol. The molecule has 2 aromatic rings. The third-order valence-corrected chi connectivity index (χ3v) is 4.65. The van der Waals surface area contributed by atoms with E-state index in [1.807, 2.05) is 6.07 Å². The lowest BCUT2D eigenvalue weighted by atomic mass is 10.2. The topological polar surface area (TPSA) is 92.5 Å². The Kier molecular flexibility index (Phi) is 3.34. The average Bonchev–Trinajstić information content (AvgIpc) is 3.01. The highest BCUT2D eigenvalue weighted by atomic mass is 32.1. The summed E-state index contributed by atoms with van der Waals surface area (Å²) < 4.78 is 0. The van der Waals surface area contributed by atoms with Crippen LogP contribution in [-0.4, -0.2) is 15.9 Å². The number of fused-ring (bicyclic) bond motifs is 1. The van der Waals surface area contributed by atoms with Crippen molar-refractivity contribution >= 4 is 28.6 Å². The van der Waals surface area contributed by atoms with E-state index in [1.165, 1.54) is 33.9 Å². The summed E-state index contributed by atoms with van der Waals surface area (Å²) in [6.07, 6.45) is 3.14. The first-order valence-corrected chi connectivity index (χ1v) is 7.26. The number of benzene rings is 1. The van der Waals surface area contributed by atoms with Crippen molar-refractivity contribution in [1.29, 1.82) is 0 Å². The number of hydrogen-bond acceptors (Lipinski definition) is 5. The predicted molar refractivity (Wildman–Crippen MR) is 79.1 cm³/mol. The van der Waals surface area contributed by atoms with Crippen LogP contribution in [0.5, 0.6) is 5.75 Å². The lowest BCUT2D eigenvalue weighted by Crippen LogP contribution is -2.10. The molecule has 1 aliphatic carbocycles. The highest BCUT2D eigenvalue weighted by Crippen LogP contribution is 2.32. The second kappa shape index (κ2) is 5.17. The van der Waals surface area contributed by atoms with Gasteiger partial charge in [0.25, 0.3) is 11.6 Å². The van der Waals surface area contributed by atoms with Gasteiger partial charge in [-0.2, -0.15) is 0 Å². The quantitative estimate of drug-likeness (QED) is 0.517. The number of thiophene rings is 1. The number of non-ortho nitro benzene ring substituents is 1. The Balaban J connectivity index is 1.79. The molecule has 6 nitrogen and oxygen atoms in total. The Morgan fingerprint density at radius 3 is 2.81 bits per heavy atom. The minimum Gasteiger partial charge on any atom is -0.506 e. The third-order valence-electron chi connectivity index (χ3n) is 3.41. The van der Waals surface area contributed by atoms with E-state index in [2.05, 4.69) is 5.32 Å². The Morgan fingerprint density at radius 2 is 2.14 bits per heavy atom. The van der Waals surface area contributed by atoms with Gasteiger partial charge in [0, 0.05) is 10.9 Å². The fraction of sp³-hybridized carbons (Fsp3) is 0.214. The highest BCUT2D eigenvalue weighted by Gasteiger charge is 2.19. The van der Waals surface area contributed by atoms with E-state index >= 15 is 0 Å². The van der Waals surface area contributed by atoms with Gasteiger partial charge in [0.15, 0.2) is 0 Å². The van der Waals surface area contributed by atoms with Crippen molar-refractivity contribution in [2.24, 2.45) is 0 Å². The van der Waals surface area contributed by atoms with Crippen LogP contribution in [0.15, 0.2) is 24.3 Å². The normalized spacial score (nSPS) is 13.0. The molecule has 108 valence electrons. The molecule has 1 aromatic carbocycles. The van der Waals surface area contributed by atoms with Crippen molar-refractivity contribution in [2.75, 3.05) is 5.32 Å². The number of carbonyl (C=O) groups excluding carboxylic acids is 1. The molecule has 0 radical (unpaired) electrons. The largest absolute Gasteiger partial charge is 0.506 e. The Morgan fingerprint density at radius 1 is 1.33 bits per heavy atom. The van der Waals surface area contributed by atoms with Gasteiger partial charge in [-0.25, -0.2) is 0 Å². The Hall–Kier alpha value is -2.41. The summed E-state index contributed by atoms with van der Waals surface area (Å²) in [5.74, 6) is -0.625. The van der Waals surface area contributed by atoms with Crippen LogP contribution in [0.4, 0.5) is 11.4 Å². The molecule has 0 unspecified atom stereocenters. The first-order valence-electron chi connectivity index (χ1n) is 6.45. The van der Waals surface area contributed by atoms with Crippen molar-refractivity contribution < 1.29 is 14.8 Å². The smallest absolute Gasteiger partial charge is 0.273 e. The lowest BCUT2D eigenvalue weighted by Gasteiger charge is -2.05. The molecule has 0 spiro atoms.